The van der Waals surface area contributed by atoms with Crippen LogP contribution in [0.2, 0.25) is 0 Å². The van der Waals surface area contributed by atoms with Crippen molar-refractivity contribution in [3.8, 4) is 11.5 Å². The summed E-state index contributed by atoms with van der Waals surface area (Å²) in [6, 6.07) is 20.2. The number of aryl methyl sites for hydroxylation is 1. The lowest BCUT2D eigenvalue weighted by Crippen LogP contribution is -2.32. The Balaban J connectivity index is 1.65. The Bertz CT molecular complexity index is 1110. The van der Waals surface area contributed by atoms with Crippen molar-refractivity contribution in [3.63, 3.8) is 0 Å². The zero-order chi connectivity index (χ0) is 22.9. The van der Waals surface area contributed by atoms with E-state index in [0.29, 0.717) is 29.4 Å². The number of halogens is 1. The molecule has 164 valence electrons. The molecule has 32 heavy (non-hydrogen) atoms. The van der Waals surface area contributed by atoms with E-state index in [1.54, 1.807) is 37.4 Å². The van der Waals surface area contributed by atoms with Gasteiger partial charge >= 0.3 is 11.8 Å². The first-order chi connectivity index (χ1) is 15.5. The molecule has 0 bridgehead atoms. The molecular formula is C24H22BrN3O4. The van der Waals surface area contributed by atoms with E-state index < -0.39 is 11.8 Å². The van der Waals surface area contributed by atoms with Gasteiger partial charge in [-0.15, -0.1) is 0 Å². The van der Waals surface area contributed by atoms with Crippen LogP contribution in [-0.4, -0.2) is 25.1 Å². The van der Waals surface area contributed by atoms with Crippen LogP contribution in [0.25, 0.3) is 0 Å². The number of hydrogen-bond acceptors (Lipinski definition) is 5. The number of para-hydroxylation sites is 1. The minimum Gasteiger partial charge on any atom is -0.493 e. The van der Waals surface area contributed by atoms with Gasteiger partial charge in [-0.05, 0) is 48.9 Å². The molecule has 0 unspecified atom stereocenters. The van der Waals surface area contributed by atoms with Gasteiger partial charge in [-0.2, -0.15) is 5.10 Å². The molecule has 0 atom stereocenters. The minimum atomic E-state index is -0.887. The van der Waals surface area contributed by atoms with E-state index in [4.69, 9.17) is 9.47 Å². The van der Waals surface area contributed by atoms with E-state index in [9.17, 15) is 9.59 Å². The Kier molecular flexibility index (Phi) is 7.99. The van der Waals surface area contributed by atoms with E-state index in [-0.39, 0.29) is 0 Å². The van der Waals surface area contributed by atoms with Crippen LogP contribution in [-0.2, 0) is 16.2 Å². The average molecular weight is 496 g/mol. The summed E-state index contributed by atoms with van der Waals surface area (Å²) in [5.41, 5.74) is 5.36. The Morgan fingerprint density at radius 1 is 1.00 bits per heavy atom. The molecule has 3 aromatic carbocycles. The van der Waals surface area contributed by atoms with Crippen LogP contribution in [0, 0.1) is 6.92 Å². The van der Waals surface area contributed by atoms with Crippen LogP contribution in [0.3, 0.4) is 0 Å². The molecule has 3 rings (SSSR count). The number of nitrogens with one attached hydrogen (secondary N) is 2. The van der Waals surface area contributed by atoms with E-state index in [2.05, 4.69) is 31.8 Å². The standard InChI is InChI=1S/C24H22BrN3O4/c1-16-6-12-20(13-7-16)27-23(29)24(30)28-26-14-18-4-3-5-21(31-2)22(18)32-15-17-8-10-19(25)11-9-17/h3-14H,15H2,1-2H3,(H,27,29)(H,28,30)/b26-14-. The zero-order valence-electron chi connectivity index (χ0n) is 17.6. The second-order valence-corrected chi connectivity index (χ2v) is 7.73. The highest BCUT2D eigenvalue weighted by Crippen LogP contribution is 2.31. The summed E-state index contributed by atoms with van der Waals surface area (Å²) in [5, 5.41) is 6.41. The number of hydrazone groups is 1. The average Bonchev–Trinajstić information content (AvgIpc) is 2.80. The molecule has 7 nitrogen and oxygen atoms in total. The van der Waals surface area contributed by atoms with Crippen LogP contribution in [0.1, 0.15) is 16.7 Å². The fourth-order valence-electron chi connectivity index (χ4n) is 2.72. The third-order valence-electron chi connectivity index (χ3n) is 4.41. The van der Waals surface area contributed by atoms with Gasteiger partial charge in [0.15, 0.2) is 11.5 Å². The second-order valence-electron chi connectivity index (χ2n) is 6.81. The lowest BCUT2D eigenvalue weighted by Gasteiger charge is -2.13. The van der Waals surface area contributed by atoms with Gasteiger partial charge in [0.2, 0.25) is 0 Å². The van der Waals surface area contributed by atoms with Crippen LogP contribution in [0.15, 0.2) is 76.3 Å². The third kappa shape index (κ3) is 6.42. The number of carbonyl (C=O) groups is 2. The van der Waals surface area contributed by atoms with Gasteiger partial charge in [-0.1, -0.05) is 51.8 Å². The zero-order valence-corrected chi connectivity index (χ0v) is 19.2. The molecule has 2 amide bonds. The largest absolute Gasteiger partial charge is 0.493 e. The molecular weight excluding hydrogens is 474 g/mol. The molecule has 0 spiro atoms. The summed E-state index contributed by atoms with van der Waals surface area (Å²) in [5.74, 6) is -0.708. The Morgan fingerprint density at radius 2 is 1.72 bits per heavy atom. The maximum atomic E-state index is 12.1. The van der Waals surface area contributed by atoms with Crippen molar-refractivity contribution >= 4 is 39.6 Å². The summed E-state index contributed by atoms with van der Waals surface area (Å²) in [4.78, 5) is 24.1. The van der Waals surface area contributed by atoms with Crippen molar-refractivity contribution in [3.05, 3.63) is 87.9 Å². The predicted molar refractivity (Wildman–Crippen MR) is 127 cm³/mol. The van der Waals surface area contributed by atoms with Gasteiger partial charge in [0.05, 0.1) is 13.3 Å². The summed E-state index contributed by atoms with van der Waals surface area (Å²) >= 11 is 3.41. The number of carbonyl (C=O) groups excluding carboxylic acids is 2. The lowest BCUT2D eigenvalue weighted by molar-refractivity contribution is -0.136. The predicted octanol–water partition coefficient (Wildman–Crippen LogP) is 4.43. The van der Waals surface area contributed by atoms with Gasteiger partial charge in [0, 0.05) is 15.7 Å². The van der Waals surface area contributed by atoms with Crippen molar-refractivity contribution in [1.82, 2.24) is 5.43 Å². The number of amides is 2. The van der Waals surface area contributed by atoms with E-state index in [1.807, 2.05) is 43.3 Å². The molecule has 0 aromatic heterocycles. The third-order valence-corrected chi connectivity index (χ3v) is 4.94. The van der Waals surface area contributed by atoms with Crippen LogP contribution < -0.4 is 20.2 Å². The normalized spacial score (nSPS) is 10.6. The van der Waals surface area contributed by atoms with Gasteiger partial charge in [-0.3, -0.25) is 9.59 Å². The Labute approximate surface area is 194 Å². The highest BCUT2D eigenvalue weighted by Gasteiger charge is 2.14. The topological polar surface area (TPSA) is 89.0 Å². The van der Waals surface area contributed by atoms with Gasteiger partial charge in [-0.25, -0.2) is 5.43 Å². The molecule has 0 saturated carbocycles. The maximum Gasteiger partial charge on any atom is 0.329 e. The highest BCUT2D eigenvalue weighted by molar-refractivity contribution is 9.10. The fraction of sp³-hybridized carbons (Fsp3) is 0.125. The molecule has 2 N–H and O–H groups in total. The summed E-state index contributed by atoms with van der Waals surface area (Å²) in [7, 11) is 1.54. The number of methoxy groups -OCH3 is 1. The summed E-state index contributed by atoms with van der Waals surface area (Å²) in [6.45, 7) is 2.25. The number of anilines is 1. The van der Waals surface area contributed by atoms with E-state index in [1.165, 1.54) is 6.21 Å². The minimum absolute atomic E-state index is 0.319. The number of ether oxygens (including phenoxy) is 2. The number of hydrogen-bond donors (Lipinski definition) is 2. The Hall–Kier alpha value is -3.65. The van der Waals surface area contributed by atoms with Gasteiger partial charge in [0.25, 0.3) is 0 Å². The number of benzene rings is 3. The molecule has 8 heteroatoms. The maximum absolute atomic E-state index is 12.1. The lowest BCUT2D eigenvalue weighted by atomic mass is 10.2. The van der Waals surface area contributed by atoms with Crippen molar-refractivity contribution in [2.24, 2.45) is 5.10 Å². The van der Waals surface area contributed by atoms with Crippen molar-refractivity contribution in [1.29, 1.82) is 0 Å². The second kappa shape index (κ2) is 11.1. The molecule has 0 aliphatic heterocycles. The Morgan fingerprint density at radius 3 is 2.41 bits per heavy atom. The van der Waals surface area contributed by atoms with Gasteiger partial charge in [0.1, 0.15) is 6.61 Å². The SMILES string of the molecule is COc1cccc(/C=N\NC(=O)C(=O)Nc2ccc(C)cc2)c1OCc1ccc(Br)cc1. The van der Waals surface area contributed by atoms with E-state index in [0.717, 1.165) is 15.6 Å². The molecule has 0 fully saturated rings. The first-order valence-electron chi connectivity index (χ1n) is 9.71. The monoisotopic (exact) mass is 495 g/mol. The molecule has 3 aromatic rings. The number of rotatable bonds is 7. The summed E-state index contributed by atoms with van der Waals surface area (Å²) in [6.07, 6.45) is 1.40. The summed E-state index contributed by atoms with van der Waals surface area (Å²) < 4.78 is 12.3. The molecule has 0 radical (unpaired) electrons. The van der Waals surface area contributed by atoms with Crippen LogP contribution in [0.4, 0.5) is 5.69 Å². The quantitative estimate of drug-likeness (QED) is 0.288. The van der Waals surface area contributed by atoms with Crippen LogP contribution in [0.5, 0.6) is 11.5 Å². The van der Waals surface area contributed by atoms with Crippen molar-refractivity contribution in [2.45, 2.75) is 13.5 Å². The van der Waals surface area contributed by atoms with Crippen molar-refractivity contribution in [2.75, 3.05) is 12.4 Å². The van der Waals surface area contributed by atoms with Crippen LogP contribution >= 0.6 is 15.9 Å². The van der Waals surface area contributed by atoms with E-state index >= 15 is 0 Å². The first kappa shape index (κ1) is 23.0. The van der Waals surface area contributed by atoms with Gasteiger partial charge < -0.3 is 14.8 Å². The fourth-order valence-corrected chi connectivity index (χ4v) is 2.99. The number of nitrogens with zero attached hydrogens (tertiary/aromatic N) is 1. The molecule has 0 saturated heterocycles. The van der Waals surface area contributed by atoms with Crippen molar-refractivity contribution < 1.29 is 19.1 Å². The smallest absolute Gasteiger partial charge is 0.329 e. The highest BCUT2D eigenvalue weighted by atomic mass is 79.9. The molecule has 0 heterocycles. The molecule has 0 aliphatic rings. The first-order valence-corrected chi connectivity index (χ1v) is 10.5. The molecule has 0 aliphatic carbocycles.